The van der Waals surface area contributed by atoms with Crippen LogP contribution in [0, 0.1) is 29.1 Å². The summed E-state index contributed by atoms with van der Waals surface area (Å²) in [6.07, 6.45) is -4.86. The Hall–Kier alpha value is -4.23. The SMILES string of the molecule is CCOCCOc1c(OCCOCC)c(OCCOCC)c(-c2cc(F)c(C(F)(F)Oc3cc(F)c(F)c(F)c3)c(F)c2)c(OCCOCC)c1OCCOCC. The number of ether oxygens (including phenoxy) is 11. The number of hydrogen-bond donors (Lipinski definition) is 0. The lowest BCUT2D eigenvalue weighted by Crippen LogP contribution is -2.25. The van der Waals surface area contributed by atoms with Crippen LogP contribution in [0.25, 0.3) is 11.1 Å². The quantitative estimate of drug-likeness (QED) is 0.0384. The highest BCUT2D eigenvalue weighted by Crippen LogP contribution is 2.58. The van der Waals surface area contributed by atoms with Crippen molar-refractivity contribution in [3.63, 3.8) is 0 Å². The van der Waals surface area contributed by atoms with Crippen molar-refractivity contribution in [1.29, 1.82) is 0 Å². The van der Waals surface area contributed by atoms with Crippen LogP contribution in [0.1, 0.15) is 40.2 Å². The van der Waals surface area contributed by atoms with Gasteiger partial charge in [-0.3, -0.25) is 0 Å². The largest absolute Gasteiger partial charge is 0.486 e. The Bertz CT molecular complexity index is 1590. The summed E-state index contributed by atoms with van der Waals surface area (Å²) in [4.78, 5) is 0. The van der Waals surface area contributed by atoms with Gasteiger partial charge in [0.15, 0.2) is 29.0 Å². The Labute approximate surface area is 327 Å². The molecule has 0 unspecified atom stereocenters. The van der Waals surface area contributed by atoms with Gasteiger partial charge < -0.3 is 52.1 Å². The maximum atomic E-state index is 16.0. The second-order valence-electron chi connectivity index (χ2n) is 11.4. The molecule has 0 heterocycles. The maximum Gasteiger partial charge on any atom is 0.432 e. The van der Waals surface area contributed by atoms with Gasteiger partial charge in [-0.25, -0.2) is 22.0 Å². The maximum absolute atomic E-state index is 16.0. The van der Waals surface area contributed by atoms with Gasteiger partial charge in [0.1, 0.15) is 56.0 Å². The molecule has 0 aliphatic rings. The standard InChI is InChI=1S/C39H49F7O11/c1-6-47-11-16-52-34-31(25-21-27(40)32(28(41)22-25)39(45,46)57-26-23-29(42)33(44)30(43)24-26)35(53-17-12-48-7-2)37(55-19-14-50-9-4)38(56-20-15-51-10-5)36(34)54-18-13-49-8-3/h21-24H,6-20H2,1-5H3. The van der Waals surface area contributed by atoms with Gasteiger partial charge in [-0.15, -0.1) is 0 Å². The molecule has 0 bridgehead atoms. The van der Waals surface area contributed by atoms with Crippen molar-refractivity contribution in [2.45, 2.75) is 40.7 Å². The average Bonchev–Trinajstić information content (AvgIpc) is 3.16. The third kappa shape index (κ3) is 13.7. The van der Waals surface area contributed by atoms with Crippen molar-refractivity contribution in [3.05, 3.63) is 58.9 Å². The van der Waals surface area contributed by atoms with Gasteiger partial charge >= 0.3 is 6.11 Å². The van der Waals surface area contributed by atoms with Crippen LogP contribution in [-0.4, -0.2) is 99.1 Å². The van der Waals surface area contributed by atoms with Crippen molar-refractivity contribution in [3.8, 4) is 45.6 Å². The average molecular weight is 827 g/mol. The van der Waals surface area contributed by atoms with Crippen molar-refractivity contribution < 1.29 is 82.8 Å². The second-order valence-corrected chi connectivity index (χ2v) is 11.4. The normalized spacial score (nSPS) is 11.5. The van der Waals surface area contributed by atoms with Crippen molar-refractivity contribution >= 4 is 0 Å². The van der Waals surface area contributed by atoms with Gasteiger partial charge in [-0.2, -0.15) is 8.78 Å². The van der Waals surface area contributed by atoms with Crippen molar-refractivity contribution in [1.82, 2.24) is 0 Å². The van der Waals surface area contributed by atoms with E-state index in [1.165, 1.54) is 0 Å². The number of hydrogen-bond acceptors (Lipinski definition) is 11. The van der Waals surface area contributed by atoms with Gasteiger partial charge in [0.05, 0.1) is 38.6 Å². The van der Waals surface area contributed by atoms with Crippen LogP contribution in [0.15, 0.2) is 24.3 Å². The predicted octanol–water partition coefficient (Wildman–Crippen LogP) is 8.25. The van der Waals surface area contributed by atoms with E-state index in [1.807, 2.05) is 0 Å². The van der Waals surface area contributed by atoms with E-state index in [9.17, 15) is 13.2 Å². The molecule has 0 saturated carbocycles. The van der Waals surface area contributed by atoms with Crippen LogP contribution < -0.4 is 28.4 Å². The topological polar surface area (TPSA) is 102 Å². The molecular formula is C39H49F7O11. The Balaban J connectivity index is 2.38. The molecule has 0 aliphatic carbocycles. The molecule has 0 spiro atoms. The van der Waals surface area contributed by atoms with Gasteiger partial charge in [0, 0.05) is 45.2 Å². The Morgan fingerprint density at radius 1 is 0.421 bits per heavy atom. The minimum absolute atomic E-state index is 0.0392. The van der Waals surface area contributed by atoms with Crippen molar-refractivity contribution in [2.75, 3.05) is 99.1 Å². The molecule has 0 N–H and O–H groups in total. The van der Waals surface area contributed by atoms with Crippen LogP contribution in [0.3, 0.4) is 0 Å². The molecule has 0 amide bonds. The van der Waals surface area contributed by atoms with E-state index >= 15 is 17.6 Å². The fourth-order valence-corrected chi connectivity index (χ4v) is 5.09. The number of halogens is 7. The number of alkyl halides is 2. The second kappa shape index (κ2) is 24.5. The molecule has 0 atom stereocenters. The van der Waals surface area contributed by atoms with E-state index in [0.717, 1.165) is 0 Å². The van der Waals surface area contributed by atoms with Crippen LogP contribution in [0.5, 0.6) is 34.5 Å². The molecule has 0 aliphatic heterocycles. The highest BCUT2D eigenvalue weighted by molar-refractivity contribution is 5.87. The molecule has 0 aromatic heterocycles. The highest BCUT2D eigenvalue weighted by Gasteiger charge is 2.42. The smallest absolute Gasteiger partial charge is 0.432 e. The van der Waals surface area contributed by atoms with Crippen LogP contribution in [0.4, 0.5) is 30.7 Å². The number of benzene rings is 3. The summed E-state index contributed by atoms with van der Waals surface area (Å²) in [7, 11) is 0. The fourth-order valence-electron chi connectivity index (χ4n) is 5.09. The van der Waals surface area contributed by atoms with Crippen molar-refractivity contribution in [2.24, 2.45) is 0 Å². The van der Waals surface area contributed by atoms with Gasteiger partial charge in [0.2, 0.25) is 17.2 Å². The molecular weight excluding hydrogens is 777 g/mol. The molecule has 0 saturated heterocycles. The Kier molecular flexibility index (Phi) is 20.3. The predicted molar refractivity (Wildman–Crippen MR) is 193 cm³/mol. The minimum Gasteiger partial charge on any atom is -0.486 e. The van der Waals surface area contributed by atoms with E-state index in [1.54, 1.807) is 34.6 Å². The molecule has 320 valence electrons. The third-order valence-electron chi connectivity index (χ3n) is 7.50. The van der Waals surface area contributed by atoms with E-state index in [0.29, 0.717) is 45.2 Å². The first-order valence-corrected chi connectivity index (χ1v) is 18.4. The summed E-state index contributed by atoms with van der Waals surface area (Å²) >= 11 is 0. The molecule has 11 nitrogen and oxygen atoms in total. The van der Waals surface area contributed by atoms with E-state index < -0.39 is 52.1 Å². The Morgan fingerprint density at radius 3 is 1.07 bits per heavy atom. The first-order valence-electron chi connectivity index (χ1n) is 18.4. The summed E-state index contributed by atoms with van der Waals surface area (Å²) in [6, 6.07) is 1.30. The number of rotatable bonds is 29. The van der Waals surface area contributed by atoms with Crippen LogP contribution >= 0.6 is 0 Å². The zero-order chi connectivity index (χ0) is 41.8. The molecule has 18 heteroatoms. The molecule has 0 fully saturated rings. The first kappa shape index (κ1) is 47.1. The summed E-state index contributed by atoms with van der Waals surface area (Å²) in [6.45, 7) is 10.5. The lowest BCUT2D eigenvalue weighted by molar-refractivity contribution is -0.189. The highest BCUT2D eigenvalue weighted by atomic mass is 19.3. The molecule has 3 aromatic rings. The van der Waals surface area contributed by atoms with E-state index in [4.69, 9.17) is 47.4 Å². The monoisotopic (exact) mass is 826 g/mol. The van der Waals surface area contributed by atoms with Crippen LogP contribution in [-0.2, 0) is 29.8 Å². The zero-order valence-corrected chi connectivity index (χ0v) is 32.6. The summed E-state index contributed by atoms with van der Waals surface area (Å²) in [5, 5.41) is 0. The molecule has 0 radical (unpaired) electrons. The Morgan fingerprint density at radius 2 is 0.737 bits per heavy atom. The summed E-state index contributed by atoms with van der Waals surface area (Å²) in [5.41, 5.74) is -2.55. The van der Waals surface area contributed by atoms with E-state index in [2.05, 4.69) is 4.74 Å². The molecule has 57 heavy (non-hydrogen) atoms. The summed E-state index contributed by atoms with van der Waals surface area (Å²) < 4.78 is 167. The van der Waals surface area contributed by atoms with Gasteiger partial charge in [-0.05, 0) is 52.3 Å². The molecule has 3 aromatic carbocycles. The van der Waals surface area contributed by atoms with E-state index in [-0.39, 0.29) is 113 Å². The van der Waals surface area contributed by atoms with Gasteiger partial charge in [-0.1, -0.05) is 0 Å². The summed E-state index contributed by atoms with van der Waals surface area (Å²) in [5.74, 6) is -11.3. The third-order valence-corrected chi connectivity index (χ3v) is 7.50. The lowest BCUT2D eigenvalue weighted by atomic mass is 9.98. The van der Waals surface area contributed by atoms with Gasteiger partial charge in [0.25, 0.3) is 0 Å². The molecule has 3 rings (SSSR count). The fraction of sp³-hybridized carbons (Fsp3) is 0.538. The zero-order valence-electron chi connectivity index (χ0n) is 32.6. The lowest BCUT2D eigenvalue weighted by Gasteiger charge is -2.26. The van der Waals surface area contributed by atoms with Crippen LogP contribution in [0.2, 0.25) is 0 Å². The first-order chi connectivity index (χ1) is 27.4. The minimum atomic E-state index is -4.86.